The molecule has 0 amide bonds. The molecule has 1 fully saturated rings. The molecule has 0 aliphatic carbocycles. The van der Waals surface area contributed by atoms with Crippen molar-refractivity contribution in [3.8, 4) is 17.6 Å². The average Bonchev–Trinajstić information content (AvgIpc) is 2.69. The second kappa shape index (κ2) is 8.95. The van der Waals surface area contributed by atoms with E-state index in [2.05, 4.69) is 15.9 Å². The Kier molecular flexibility index (Phi) is 6.40. The van der Waals surface area contributed by atoms with Gasteiger partial charge in [0.25, 0.3) is 0 Å². The van der Waals surface area contributed by atoms with Gasteiger partial charge in [0, 0.05) is 11.1 Å². The molecule has 0 saturated carbocycles. The summed E-state index contributed by atoms with van der Waals surface area (Å²) in [6, 6.07) is 12.3. The first-order valence-electron chi connectivity index (χ1n) is 8.38. The Morgan fingerprint density at radius 1 is 1.27 bits per heavy atom. The molecule has 5 nitrogen and oxygen atoms in total. The van der Waals surface area contributed by atoms with Crippen molar-refractivity contribution in [1.29, 1.82) is 5.26 Å². The highest BCUT2D eigenvalue weighted by Gasteiger charge is 2.15. The van der Waals surface area contributed by atoms with Gasteiger partial charge in [-0.25, -0.2) is 0 Å². The van der Waals surface area contributed by atoms with E-state index in [0.717, 1.165) is 35.9 Å². The molecule has 2 aromatic rings. The molecule has 0 radical (unpaired) electrons. The first kappa shape index (κ1) is 18.6. The Morgan fingerprint density at radius 2 is 2.15 bits per heavy atom. The van der Waals surface area contributed by atoms with Gasteiger partial charge in [0.2, 0.25) is 0 Å². The van der Waals surface area contributed by atoms with Crippen LogP contribution in [-0.4, -0.2) is 19.2 Å². The maximum atomic E-state index is 11.3. The second-order valence-corrected chi connectivity index (χ2v) is 6.80. The van der Waals surface area contributed by atoms with Gasteiger partial charge in [-0.2, -0.15) is 5.26 Å². The number of rotatable bonds is 6. The van der Waals surface area contributed by atoms with Crippen LogP contribution in [-0.2, 0) is 16.1 Å². The van der Waals surface area contributed by atoms with E-state index in [1.54, 1.807) is 18.2 Å². The van der Waals surface area contributed by atoms with Crippen LogP contribution in [0.3, 0.4) is 0 Å². The molecular weight excluding hydrogens is 398 g/mol. The minimum Gasteiger partial charge on any atom is -0.457 e. The SMILES string of the molecule is N#Cc1ccc(Oc2ccc(Br)c(COC3CCCCO3)c2)c(C=O)c1. The molecule has 1 atom stereocenters. The normalized spacial score (nSPS) is 16.7. The number of nitrogens with zero attached hydrogens (tertiary/aromatic N) is 1. The molecule has 0 bridgehead atoms. The Labute approximate surface area is 160 Å². The van der Waals surface area contributed by atoms with Crippen molar-refractivity contribution in [2.75, 3.05) is 6.61 Å². The van der Waals surface area contributed by atoms with Gasteiger partial charge in [-0.15, -0.1) is 0 Å². The first-order valence-corrected chi connectivity index (χ1v) is 9.17. The van der Waals surface area contributed by atoms with Crippen LogP contribution in [0.2, 0.25) is 0 Å². The Hall–Kier alpha value is -2.20. The van der Waals surface area contributed by atoms with Gasteiger partial charge >= 0.3 is 0 Å². The van der Waals surface area contributed by atoms with Crippen LogP contribution in [0.4, 0.5) is 0 Å². The zero-order valence-corrected chi connectivity index (χ0v) is 15.7. The summed E-state index contributed by atoms with van der Waals surface area (Å²) >= 11 is 3.52. The number of aldehydes is 1. The highest BCUT2D eigenvalue weighted by Crippen LogP contribution is 2.30. The third-order valence-electron chi connectivity index (χ3n) is 4.07. The Balaban J connectivity index is 1.73. The van der Waals surface area contributed by atoms with Crippen molar-refractivity contribution in [2.45, 2.75) is 32.2 Å². The molecule has 0 aromatic heterocycles. The predicted octanol–water partition coefficient (Wildman–Crippen LogP) is 4.97. The number of nitriles is 1. The number of hydrogen-bond acceptors (Lipinski definition) is 5. The van der Waals surface area contributed by atoms with E-state index in [1.807, 2.05) is 18.2 Å². The zero-order valence-electron chi connectivity index (χ0n) is 14.1. The molecule has 2 aromatic carbocycles. The van der Waals surface area contributed by atoms with Crippen molar-refractivity contribution < 1.29 is 19.0 Å². The molecule has 1 aliphatic heterocycles. The summed E-state index contributed by atoms with van der Waals surface area (Å²) in [5.41, 5.74) is 1.68. The molecule has 6 heteroatoms. The predicted molar refractivity (Wildman–Crippen MR) is 99.1 cm³/mol. The third-order valence-corrected chi connectivity index (χ3v) is 4.85. The van der Waals surface area contributed by atoms with E-state index >= 15 is 0 Å². The molecule has 1 unspecified atom stereocenters. The fraction of sp³-hybridized carbons (Fsp3) is 0.300. The summed E-state index contributed by atoms with van der Waals surface area (Å²) < 4.78 is 18.2. The maximum absolute atomic E-state index is 11.3. The summed E-state index contributed by atoms with van der Waals surface area (Å²) in [7, 11) is 0. The lowest BCUT2D eigenvalue weighted by Crippen LogP contribution is -2.22. The Morgan fingerprint density at radius 3 is 2.88 bits per heavy atom. The highest BCUT2D eigenvalue weighted by atomic mass is 79.9. The molecule has 1 aliphatic rings. The van der Waals surface area contributed by atoms with Crippen LogP contribution < -0.4 is 4.74 Å². The molecular formula is C20H18BrNO4. The van der Waals surface area contributed by atoms with Crippen molar-refractivity contribution >= 4 is 22.2 Å². The minimum atomic E-state index is -0.166. The molecule has 26 heavy (non-hydrogen) atoms. The van der Waals surface area contributed by atoms with Gasteiger partial charge in [0.1, 0.15) is 11.5 Å². The molecule has 1 heterocycles. The summed E-state index contributed by atoms with van der Waals surface area (Å²) in [5.74, 6) is 0.993. The van der Waals surface area contributed by atoms with Gasteiger partial charge in [-0.3, -0.25) is 4.79 Å². The van der Waals surface area contributed by atoms with Crippen LogP contribution in [0.25, 0.3) is 0 Å². The quantitative estimate of drug-likeness (QED) is 0.622. The second-order valence-electron chi connectivity index (χ2n) is 5.94. The van der Waals surface area contributed by atoms with Crippen molar-refractivity contribution in [2.24, 2.45) is 0 Å². The highest BCUT2D eigenvalue weighted by molar-refractivity contribution is 9.10. The van der Waals surface area contributed by atoms with Crippen LogP contribution >= 0.6 is 15.9 Å². The topological polar surface area (TPSA) is 68.6 Å². The number of halogens is 1. The summed E-state index contributed by atoms with van der Waals surface area (Å²) in [6.07, 6.45) is 3.61. The van der Waals surface area contributed by atoms with Crippen LogP contribution in [0, 0.1) is 11.3 Å². The van der Waals surface area contributed by atoms with Gasteiger partial charge in [-0.05, 0) is 61.2 Å². The fourth-order valence-corrected chi connectivity index (χ4v) is 3.04. The lowest BCUT2D eigenvalue weighted by atomic mass is 10.1. The molecule has 3 rings (SSSR count). The van der Waals surface area contributed by atoms with Crippen molar-refractivity contribution in [1.82, 2.24) is 0 Å². The van der Waals surface area contributed by atoms with E-state index in [1.165, 1.54) is 6.07 Å². The molecule has 0 spiro atoms. The van der Waals surface area contributed by atoms with E-state index in [0.29, 0.717) is 35.5 Å². The van der Waals surface area contributed by atoms with Gasteiger partial charge in [-0.1, -0.05) is 15.9 Å². The lowest BCUT2D eigenvalue weighted by Gasteiger charge is -2.23. The molecule has 134 valence electrons. The summed E-state index contributed by atoms with van der Waals surface area (Å²) in [6.45, 7) is 1.14. The standard InChI is InChI=1S/C20H18BrNO4/c21-18-6-5-17(10-16(18)13-25-20-3-1-2-8-24-20)26-19-7-4-14(11-22)9-15(19)12-23/h4-7,9-10,12,20H,1-3,8,13H2. The van der Waals surface area contributed by atoms with Crippen LogP contribution in [0.15, 0.2) is 40.9 Å². The monoisotopic (exact) mass is 415 g/mol. The Bertz CT molecular complexity index is 825. The minimum absolute atomic E-state index is 0.166. The van der Waals surface area contributed by atoms with Crippen LogP contribution in [0.5, 0.6) is 11.5 Å². The number of carbonyl (C=O) groups excluding carboxylic acids is 1. The first-order chi connectivity index (χ1) is 12.7. The average molecular weight is 416 g/mol. The van der Waals surface area contributed by atoms with Crippen molar-refractivity contribution in [3.63, 3.8) is 0 Å². The molecule has 0 N–H and O–H groups in total. The number of carbonyl (C=O) groups is 1. The lowest BCUT2D eigenvalue weighted by molar-refractivity contribution is -0.169. The fourth-order valence-electron chi connectivity index (χ4n) is 2.68. The van der Waals surface area contributed by atoms with E-state index < -0.39 is 0 Å². The van der Waals surface area contributed by atoms with Gasteiger partial charge in [0.05, 0.1) is 23.8 Å². The van der Waals surface area contributed by atoms with E-state index in [9.17, 15) is 4.79 Å². The smallest absolute Gasteiger partial charge is 0.158 e. The van der Waals surface area contributed by atoms with Crippen molar-refractivity contribution in [3.05, 3.63) is 57.6 Å². The largest absolute Gasteiger partial charge is 0.457 e. The summed E-state index contributed by atoms with van der Waals surface area (Å²) in [4.78, 5) is 11.3. The van der Waals surface area contributed by atoms with Gasteiger partial charge in [0.15, 0.2) is 12.6 Å². The van der Waals surface area contributed by atoms with Gasteiger partial charge < -0.3 is 14.2 Å². The van der Waals surface area contributed by atoms with Crippen LogP contribution in [0.1, 0.15) is 40.7 Å². The van der Waals surface area contributed by atoms with E-state index in [4.69, 9.17) is 19.5 Å². The maximum Gasteiger partial charge on any atom is 0.158 e. The number of ether oxygens (including phenoxy) is 3. The zero-order chi connectivity index (χ0) is 18.4. The van der Waals surface area contributed by atoms with E-state index in [-0.39, 0.29) is 6.29 Å². The summed E-state index contributed by atoms with van der Waals surface area (Å²) in [5, 5.41) is 8.94. The molecule has 1 saturated heterocycles. The number of hydrogen-bond donors (Lipinski definition) is 0. The number of benzene rings is 2. The third kappa shape index (κ3) is 4.70.